The highest BCUT2D eigenvalue weighted by Gasteiger charge is 2.21. The number of aliphatic imine (C=N–C) groups is 1. The minimum Gasteiger partial charge on any atom is -0.508 e. The van der Waals surface area contributed by atoms with Crippen molar-refractivity contribution >= 4 is 5.96 Å². The van der Waals surface area contributed by atoms with Gasteiger partial charge in [-0.2, -0.15) is 0 Å². The molecule has 25 heavy (non-hydrogen) atoms. The summed E-state index contributed by atoms with van der Waals surface area (Å²) in [6.07, 6.45) is 0.159. The molecule has 0 aliphatic carbocycles. The SMILES string of the molecule is CCNC(=NCCc1cccc(O)c1)NC1CCN(CC(F)F)CC1. The first kappa shape index (κ1) is 19.4. The van der Waals surface area contributed by atoms with E-state index in [1.165, 1.54) is 0 Å². The van der Waals surface area contributed by atoms with Crippen LogP contribution in [0.4, 0.5) is 8.78 Å². The number of nitrogens with zero attached hydrogens (tertiary/aromatic N) is 2. The summed E-state index contributed by atoms with van der Waals surface area (Å²) in [5.41, 5.74) is 1.04. The molecule has 0 aromatic heterocycles. The van der Waals surface area contributed by atoms with Crippen molar-refractivity contribution < 1.29 is 13.9 Å². The molecular weight excluding hydrogens is 326 g/mol. The number of likely N-dealkylation sites (tertiary alicyclic amines) is 1. The van der Waals surface area contributed by atoms with E-state index in [-0.39, 0.29) is 18.3 Å². The third-order valence-corrected chi connectivity index (χ3v) is 4.25. The van der Waals surface area contributed by atoms with Crippen molar-refractivity contribution in [1.29, 1.82) is 0 Å². The maximum absolute atomic E-state index is 12.4. The third-order valence-electron chi connectivity index (χ3n) is 4.25. The van der Waals surface area contributed by atoms with E-state index in [0.717, 1.165) is 37.3 Å². The first-order chi connectivity index (χ1) is 12.1. The van der Waals surface area contributed by atoms with E-state index in [0.29, 0.717) is 19.6 Å². The van der Waals surface area contributed by atoms with Gasteiger partial charge in [0.15, 0.2) is 5.96 Å². The van der Waals surface area contributed by atoms with E-state index in [1.807, 2.05) is 24.0 Å². The Kier molecular flexibility index (Phi) is 7.91. The van der Waals surface area contributed by atoms with Crippen molar-refractivity contribution in [3.8, 4) is 5.75 Å². The third kappa shape index (κ3) is 7.25. The molecule has 1 heterocycles. The second kappa shape index (κ2) is 10.2. The Balaban J connectivity index is 1.80. The van der Waals surface area contributed by atoms with E-state index >= 15 is 0 Å². The molecule has 0 atom stereocenters. The lowest BCUT2D eigenvalue weighted by molar-refractivity contribution is 0.0744. The van der Waals surface area contributed by atoms with Gasteiger partial charge in [-0.3, -0.25) is 9.89 Å². The summed E-state index contributed by atoms with van der Waals surface area (Å²) in [6, 6.07) is 7.44. The van der Waals surface area contributed by atoms with Gasteiger partial charge < -0.3 is 15.7 Å². The Bertz CT molecular complexity index is 546. The fourth-order valence-corrected chi connectivity index (χ4v) is 2.98. The summed E-state index contributed by atoms with van der Waals surface area (Å²) >= 11 is 0. The first-order valence-corrected chi connectivity index (χ1v) is 8.90. The Labute approximate surface area is 148 Å². The number of guanidine groups is 1. The van der Waals surface area contributed by atoms with Crippen LogP contribution in [0, 0.1) is 0 Å². The molecule has 0 radical (unpaired) electrons. The summed E-state index contributed by atoms with van der Waals surface area (Å²) in [6.45, 7) is 4.63. The lowest BCUT2D eigenvalue weighted by Crippen LogP contribution is -2.49. The molecule has 1 aliphatic heterocycles. The van der Waals surface area contributed by atoms with Gasteiger partial charge in [-0.25, -0.2) is 8.78 Å². The number of benzene rings is 1. The number of phenols is 1. The minimum absolute atomic E-state index is 0.134. The topological polar surface area (TPSA) is 59.9 Å². The molecule has 0 spiro atoms. The molecule has 0 bridgehead atoms. The predicted molar refractivity (Wildman–Crippen MR) is 96.4 cm³/mol. The van der Waals surface area contributed by atoms with Crippen LogP contribution in [0.15, 0.2) is 29.3 Å². The Morgan fingerprint density at radius 2 is 2.12 bits per heavy atom. The molecule has 1 fully saturated rings. The predicted octanol–water partition coefficient (Wildman–Crippen LogP) is 2.22. The molecule has 1 aromatic carbocycles. The van der Waals surface area contributed by atoms with E-state index < -0.39 is 6.43 Å². The Morgan fingerprint density at radius 3 is 2.76 bits per heavy atom. The van der Waals surface area contributed by atoms with Crippen molar-refractivity contribution in [2.45, 2.75) is 38.7 Å². The maximum Gasteiger partial charge on any atom is 0.251 e. The van der Waals surface area contributed by atoms with Gasteiger partial charge in [-0.1, -0.05) is 12.1 Å². The van der Waals surface area contributed by atoms with E-state index in [9.17, 15) is 13.9 Å². The van der Waals surface area contributed by atoms with Gasteiger partial charge in [0.25, 0.3) is 6.43 Å². The van der Waals surface area contributed by atoms with Crippen molar-refractivity contribution in [2.75, 3.05) is 32.7 Å². The number of halogens is 2. The second-order valence-electron chi connectivity index (χ2n) is 6.29. The van der Waals surface area contributed by atoms with Crippen LogP contribution in [0.5, 0.6) is 5.75 Å². The Morgan fingerprint density at radius 1 is 1.36 bits per heavy atom. The largest absolute Gasteiger partial charge is 0.508 e. The van der Waals surface area contributed by atoms with E-state index in [1.54, 1.807) is 12.1 Å². The number of alkyl halides is 2. The summed E-state index contributed by atoms with van der Waals surface area (Å²) in [7, 11) is 0. The normalized spacial score (nSPS) is 17.0. The highest BCUT2D eigenvalue weighted by Crippen LogP contribution is 2.12. The van der Waals surface area contributed by atoms with Gasteiger partial charge in [-0.05, 0) is 43.9 Å². The zero-order valence-electron chi connectivity index (χ0n) is 14.7. The molecule has 0 unspecified atom stereocenters. The van der Waals surface area contributed by atoms with E-state index in [2.05, 4.69) is 15.6 Å². The highest BCUT2D eigenvalue weighted by atomic mass is 19.3. The molecular formula is C18H28F2N4O. The first-order valence-electron chi connectivity index (χ1n) is 8.90. The zero-order valence-corrected chi connectivity index (χ0v) is 14.7. The van der Waals surface area contributed by atoms with Crippen molar-refractivity contribution in [2.24, 2.45) is 4.99 Å². The van der Waals surface area contributed by atoms with Gasteiger partial charge in [0.2, 0.25) is 0 Å². The summed E-state index contributed by atoms with van der Waals surface area (Å²) in [4.78, 5) is 6.39. The van der Waals surface area contributed by atoms with Gasteiger partial charge in [0, 0.05) is 32.2 Å². The van der Waals surface area contributed by atoms with Crippen molar-refractivity contribution in [1.82, 2.24) is 15.5 Å². The molecule has 1 saturated heterocycles. The second-order valence-corrected chi connectivity index (χ2v) is 6.29. The number of hydrogen-bond acceptors (Lipinski definition) is 3. The average Bonchev–Trinajstić information content (AvgIpc) is 2.56. The van der Waals surface area contributed by atoms with E-state index in [4.69, 9.17) is 0 Å². The Hall–Kier alpha value is -1.89. The monoisotopic (exact) mass is 354 g/mol. The van der Waals surface area contributed by atoms with Crippen molar-refractivity contribution in [3.63, 3.8) is 0 Å². The highest BCUT2D eigenvalue weighted by molar-refractivity contribution is 5.80. The minimum atomic E-state index is -2.26. The summed E-state index contributed by atoms with van der Waals surface area (Å²) in [5, 5.41) is 16.1. The molecule has 0 saturated carbocycles. The van der Waals surface area contributed by atoms with Crippen LogP contribution in [0.1, 0.15) is 25.3 Å². The van der Waals surface area contributed by atoms with Crippen LogP contribution in [-0.4, -0.2) is 61.2 Å². The molecule has 1 aliphatic rings. The molecule has 140 valence electrons. The van der Waals surface area contributed by atoms with Crippen LogP contribution in [0.2, 0.25) is 0 Å². The molecule has 3 N–H and O–H groups in total. The number of hydrogen-bond donors (Lipinski definition) is 3. The number of aromatic hydroxyl groups is 1. The molecule has 0 amide bonds. The number of nitrogens with one attached hydrogen (secondary N) is 2. The molecule has 2 rings (SSSR count). The fourth-order valence-electron chi connectivity index (χ4n) is 2.98. The number of phenolic OH excluding ortho intramolecular Hbond substituents is 1. The molecule has 5 nitrogen and oxygen atoms in total. The van der Waals surface area contributed by atoms with Gasteiger partial charge >= 0.3 is 0 Å². The van der Waals surface area contributed by atoms with Crippen LogP contribution in [0.25, 0.3) is 0 Å². The number of rotatable bonds is 7. The fraction of sp³-hybridized carbons (Fsp3) is 0.611. The lowest BCUT2D eigenvalue weighted by Gasteiger charge is -2.32. The quantitative estimate of drug-likeness (QED) is 0.519. The standard InChI is InChI=1S/C18H28F2N4O/c1-2-21-18(22-9-6-14-4-3-5-16(25)12-14)23-15-7-10-24(11-8-15)13-17(19)20/h3-5,12,15,17,25H,2,6-11,13H2,1H3,(H2,21,22,23). The van der Waals surface area contributed by atoms with Gasteiger partial charge in [0.05, 0.1) is 6.54 Å². The molecule has 7 heteroatoms. The van der Waals surface area contributed by atoms with Crippen molar-refractivity contribution in [3.05, 3.63) is 29.8 Å². The van der Waals surface area contributed by atoms with Crippen LogP contribution < -0.4 is 10.6 Å². The zero-order chi connectivity index (χ0) is 18.1. The van der Waals surface area contributed by atoms with Crippen LogP contribution in [-0.2, 0) is 6.42 Å². The van der Waals surface area contributed by atoms with Crippen LogP contribution >= 0.6 is 0 Å². The van der Waals surface area contributed by atoms with Crippen LogP contribution in [0.3, 0.4) is 0 Å². The smallest absolute Gasteiger partial charge is 0.251 e. The lowest BCUT2D eigenvalue weighted by atomic mass is 10.1. The average molecular weight is 354 g/mol. The summed E-state index contributed by atoms with van der Waals surface area (Å²) < 4.78 is 24.9. The molecule has 1 aromatic rings. The maximum atomic E-state index is 12.4. The van der Waals surface area contributed by atoms with Gasteiger partial charge in [-0.15, -0.1) is 0 Å². The van der Waals surface area contributed by atoms with Gasteiger partial charge in [0.1, 0.15) is 5.75 Å². The summed E-state index contributed by atoms with van der Waals surface area (Å²) in [5.74, 6) is 1.03. The number of piperidine rings is 1.